The molecule has 0 saturated carbocycles. The second kappa shape index (κ2) is 10.8. The Morgan fingerprint density at radius 1 is 1.08 bits per heavy atom. The van der Waals surface area contributed by atoms with E-state index in [1.165, 1.54) is 18.2 Å². The summed E-state index contributed by atoms with van der Waals surface area (Å²) >= 11 is 8.89. The smallest absolute Gasteiger partial charge is 0.226 e. The number of furan rings is 1. The Kier molecular flexibility index (Phi) is 7.29. The highest BCUT2D eigenvalue weighted by Crippen LogP contribution is 2.41. The van der Waals surface area contributed by atoms with Crippen molar-refractivity contribution in [3.8, 4) is 11.3 Å². The number of hydrogen-bond donors (Lipinski definition) is 2. The number of carbonyl (C=O) groups is 1. The first-order valence-corrected chi connectivity index (χ1v) is 12.7. The van der Waals surface area contributed by atoms with E-state index in [-0.39, 0.29) is 30.6 Å². The molecule has 2 atom stereocenters. The summed E-state index contributed by atoms with van der Waals surface area (Å²) in [6.45, 7) is 0.239. The molecule has 10 heteroatoms. The molecule has 2 N–H and O–H groups in total. The molecule has 1 amide bonds. The van der Waals surface area contributed by atoms with E-state index in [2.05, 4.69) is 31.5 Å². The van der Waals surface area contributed by atoms with Crippen LogP contribution < -0.4 is 10.6 Å². The van der Waals surface area contributed by atoms with Crippen molar-refractivity contribution in [1.29, 1.82) is 0 Å². The number of rotatable bonds is 7. The van der Waals surface area contributed by atoms with Crippen LogP contribution in [0.1, 0.15) is 30.0 Å². The van der Waals surface area contributed by atoms with E-state index in [1.807, 2.05) is 23.1 Å². The van der Waals surface area contributed by atoms with Crippen LogP contribution in [0, 0.1) is 11.6 Å². The first kappa shape index (κ1) is 25.0. The van der Waals surface area contributed by atoms with E-state index in [0.717, 1.165) is 5.69 Å². The number of pyridine rings is 1. The summed E-state index contributed by atoms with van der Waals surface area (Å²) in [5.74, 6) is -0.376. The molecule has 0 spiro atoms. The first-order valence-electron chi connectivity index (χ1n) is 11.5. The van der Waals surface area contributed by atoms with Crippen molar-refractivity contribution in [2.24, 2.45) is 0 Å². The van der Waals surface area contributed by atoms with Gasteiger partial charge in [-0.3, -0.25) is 9.78 Å². The fraction of sp³-hybridized carbons (Fsp3) is 0.148. The minimum Gasteiger partial charge on any atom is -0.459 e. The molecular weight excluding hydrogens is 562 g/mol. The zero-order valence-corrected chi connectivity index (χ0v) is 21.7. The zero-order valence-electron chi connectivity index (χ0n) is 19.3. The third kappa shape index (κ3) is 5.40. The summed E-state index contributed by atoms with van der Waals surface area (Å²) in [4.78, 5) is 18.9. The number of anilines is 1. The van der Waals surface area contributed by atoms with E-state index in [1.54, 1.807) is 42.6 Å². The number of amides is 1. The zero-order chi connectivity index (χ0) is 25.9. The van der Waals surface area contributed by atoms with Crippen molar-refractivity contribution in [2.45, 2.75) is 18.5 Å². The second-order valence-electron chi connectivity index (χ2n) is 8.42. The van der Waals surface area contributed by atoms with Crippen LogP contribution in [0.15, 0.2) is 87.9 Å². The number of nitrogens with one attached hydrogen (secondary N) is 2. The second-order valence-corrected chi connectivity index (χ2v) is 9.73. The molecule has 3 heterocycles. The fourth-order valence-electron chi connectivity index (χ4n) is 4.30. The fourth-order valence-corrected chi connectivity index (χ4v) is 4.96. The molecule has 2 unspecified atom stereocenters. The van der Waals surface area contributed by atoms with Gasteiger partial charge in [-0.1, -0.05) is 34.1 Å². The normalized spacial score (nSPS) is 17.1. The Labute approximate surface area is 225 Å². The summed E-state index contributed by atoms with van der Waals surface area (Å²) in [6, 6.07) is 19.0. The largest absolute Gasteiger partial charge is 0.459 e. The summed E-state index contributed by atoms with van der Waals surface area (Å²) in [6.07, 6.45) is 1.74. The molecule has 1 aliphatic heterocycles. The van der Waals surface area contributed by atoms with Gasteiger partial charge in [0, 0.05) is 23.6 Å². The molecule has 37 heavy (non-hydrogen) atoms. The third-order valence-electron chi connectivity index (χ3n) is 6.04. The molecule has 5 rings (SSSR count). The molecule has 6 nitrogen and oxygen atoms in total. The van der Waals surface area contributed by atoms with Crippen molar-refractivity contribution in [1.82, 2.24) is 15.2 Å². The van der Waals surface area contributed by atoms with Gasteiger partial charge in [0.15, 0.2) is 5.11 Å². The van der Waals surface area contributed by atoms with Crippen LogP contribution in [0.5, 0.6) is 0 Å². The maximum absolute atomic E-state index is 14.6. The van der Waals surface area contributed by atoms with Gasteiger partial charge in [0.25, 0.3) is 0 Å². The number of aromatic nitrogens is 1. The molecule has 0 bridgehead atoms. The van der Waals surface area contributed by atoms with Gasteiger partial charge in [-0.05, 0) is 66.8 Å². The number of halogens is 3. The van der Waals surface area contributed by atoms with Gasteiger partial charge in [0.2, 0.25) is 5.91 Å². The van der Waals surface area contributed by atoms with Crippen LogP contribution in [0.2, 0.25) is 0 Å². The Morgan fingerprint density at radius 2 is 1.89 bits per heavy atom. The highest BCUT2D eigenvalue weighted by atomic mass is 79.9. The van der Waals surface area contributed by atoms with Gasteiger partial charge in [0.05, 0.1) is 23.0 Å². The lowest BCUT2D eigenvalue weighted by molar-refractivity contribution is -0.116. The molecule has 2 aromatic heterocycles. The van der Waals surface area contributed by atoms with Gasteiger partial charge < -0.3 is 20.0 Å². The quantitative estimate of drug-likeness (QED) is 0.246. The van der Waals surface area contributed by atoms with Crippen LogP contribution in [0.25, 0.3) is 11.3 Å². The highest BCUT2D eigenvalue weighted by Gasteiger charge is 2.41. The summed E-state index contributed by atoms with van der Waals surface area (Å²) in [7, 11) is 0. The Hall–Kier alpha value is -3.63. The Morgan fingerprint density at radius 3 is 2.65 bits per heavy atom. The molecule has 2 aromatic carbocycles. The molecule has 0 aliphatic carbocycles. The van der Waals surface area contributed by atoms with Crippen LogP contribution >= 0.6 is 28.1 Å². The third-order valence-corrected chi connectivity index (χ3v) is 6.89. The molecule has 0 radical (unpaired) electrons. The maximum Gasteiger partial charge on any atom is 0.226 e. The van der Waals surface area contributed by atoms with E-state index in [0.29, 0.717) is 26.7 Å². The van der Waals surface area contributed by atoms with Gasteiger partial charge in [-0.25, -0.2) is 8.78 Å². The minimum atomic E-state index is -0.509. The van der Waals surface area contributed by atoms with E-state index in [4.69, 9.17) is 16.6 Å². The monoisotopic (exact) mass is 582 g/mol. The van der Waals surface area contributed by atoms with E-state index in [9.17, 15) is 13.6 Å². The average Bonchev–Trinajstić information content (AvgIpc) is 3.49. The van der Waals surface area contributed by atoms with Crippen LogP contribution in [-0.4, -0.2) is 27.4 Å². The first-order chi connectivity index (χ1) is 17.9. The van der Waals surface area contributed by atoms with E-state index < -0.39 is 17.7 Å². The van der Waals surface area contributed by atoms with Crippen molar-refractivity contribution in [3.63, 3.8) is 0 Å². The number of hydrogen-bond acceptors (Lipinski definition) is 4. The molecule has 188 valence electrons. The van der Waals surface area contributed by atoms with Crippen LogP contribution in [0.4, 0.5) is 14.5 Å². The summed E-state index contributed by atoms with van der Waals surface area (Å²) in [5.41, 5.74) is 1.18. The predicted octanol–water partition coefficient (Wildman–Crippen LogP) is 6.38. The SMILES string of the molecule is O=C(CCN1C(=S)NC(c2ccccn2)C1c1ccc(-c2ccc(Br)cc2F)o1)Nc1ccccc1F. The summed E-state index contributed by atoms with van der Waals surface area (Å²) in [5, 5.41) is 6.30. The number of carbonyl (C=O) groups excluding carboxylic acids is 1. The lowest BCUT2D eigenvalue weighted by atomic mass is 10.0. The van der Waals surface area contributed by atoms with E-state index >= 15 is 0 Å². The van der Waals surface area contributed by atoms with Crippen LogP contribution in [0.3, 0.4) is 0 Å². The minimum absolute atomic E-state index is 0.0521. The molecule has 1 fully saturated rings. The number of benzene rings is 2. The highest BCUT2D eigenvalue weighted by molar-refractivity contribution is 9.10. The lowest BCUT2D eigenvalue weighted by Crippen LogP contribution is -2.32. The lowest BCUT2D eigenvalue weighted by Gasteiger charge is -2.25. The van der Waals surface area contributed by atoms with Crippen molar-refractivity contribution in [2.75, 3.05) is 11.9 Å². The molecule has 4 aromatic rings. The van der Waals surface area contributed by atoms with Gasteiger partial charge in [0.1, 0.15) is 29.2 Å². The van der Waals surface area contributed by atoms with Crippen molar-refractivity contribution in [3.05, 3.63) is 107 Å². The van der Waals surface area contributed by atoms with Crippen molar-refractivity contribution < 1.29 is 18.0 Å². The number of thiocarbonyl (C=S) groups is 1. The Bertz CT molecular complexity index is 1450. The molecular formula is C27H21BrF2N4O2S. The average molecular weight is 583 g/mol. The molecule has 1 aliphatic rings. The standard InChI is InChI=1S/C27H21BrF2N4O2S/c28-16-8-9-17(19(30)15-16)22-10-11-23(36-22)26-25(21-7-3-4-13-31-21)33-27(37)34(26)14-12-24(35)32-20-6-2-1-5-18(20)29/h1-11,13,15,25-26H,12,14H2,(H,32,35)(H,33,37). The number of nitrogens with zero attached hydrogens (tertiary/aromatic N) is 2. The van der Waals surface area contributed by atoms with Crippen molar-refractivity contribution >= 4 is 44.9 Å². The topological polar surface area (TPSA) is 70.4 Å². The summed E-state index contributed by atoms with van der Waals surface area (Å²) < 4.78 is 35.3. The van der Waals surface area contributed by atoms with Crippen LogP contribution in [-0.2, 0) is 4.79 Å². The van der Waals surface area contributed by atoms with Gasteiger partial charge in [-0.2, -0.15) is 0 Å². The van der Waals surface area contributed by atoms with Gasteiger partial charge >= 0.3 is 0 Å². The Balaban J connectivity index is 1.42. The van der Waals surface area contributed by atoms with Gasteiger partial charge in [-0.15, -0.1) is 0 Å². The number of para-hydroxylation sites is 1. The predicted molar refractivity (Wildman–Crippen MR) is 144 cm³/mol. The molecule has 1 saturated heterocycles. The maximum atomic E-state index is 14.6.